The quantitative estimate of drug-likeness (QED) is 0.195. The number of carbonyl (C=O) groups is 3. The van der Waals surface area contributed by atoms with Crippen LogP contribution in [0.15, 0.2) is 35.8 Å². The molecule has 18 heteroatoms. The summed E-state index contributed by atoms with van der Waals surface area (Å²) in [5.41, 5.74) is -3.76. The van der Waals surface area contributed by atoms with Gasteiger partial charge < -0.3 is 19.5 Å². The number of piperidine rings is 1. The Morgan fingerprint density at radius 3 is 2.51 bits per heavy atom. The molecule has 0 saturated carbocycles. The topological polar surface area (TPSA) is 109 Å². The highest BCUT2D eigenvalue weighted by Crippen LogP contribution is 2.45. The van der Waals surface area contributed by atoms with Gasteiger partial charge in [-0.15, -0.1) is 22.7 Å². The number of carbonyl (C=O) groups excluding carboxylic acids is 2. The van der Waals surface area contributed by atoms with E-state index >= 15 is 0 Å². The Hall–Kier alpha value is -3.57. The van der Waals surface area contributed by atoms with E-state index < -0.39 is 64.3 Å². The van der Waals surface area contributed by atoms with E-state index in [2.05, 4.69) is 4.98 Å². The molecule has 1 N–H and O–H groups in total. The summed E-state index contributed by atoms with van der Waals surface area (Å²) in [6.45, 7) is 1.45. The first-order valence-electron chi connectivity index (χ1n) is 14.2. The third-order valence-electron chi connectivity index (χ3n) is 7.93. The molecule has 1 unspecified atom stereocenters. The fraction of sp³-hybridized carbons (Fsp3) is 0.448. The summed E-state index contributed by atoms with van der Waals surface area (Å²) in [4.78, 5) is 45.7. The molecule has 2 aliphatic rings. The summed E-state index contributed by atoms with van der Waals surface area (Å²) < 4.78 is 94.2. The number of thiophene rings is 2. The van der Waals surface area contributed by atoms with Gasteiger partial charge in [-0.1, -0.05) is 24.9 Å². The molecular formula is C29H26ClF6N3O6S2. The van der Waals surface area contributed by atoms with Crippen LogP contribution < -0.4 is 4.74 Å². The van der Waals surface area contributed by atoms with E-state index in [1.54, 1.807) is 13.0 Å². The van der Waals surface area contributed by atoms with Crippen molar-refractivity contribution in [3.63, 3.8) is 0 Å². The number of pyridine rings is 1. The van der Waals surface area contributed by atoms with Crippen molar-refractivity contribution in [3.8, 4) is 5.75 Å². The summed E-state index contributed by atoms with van der Waals surface area (Å²) in [6, 6.07) is 2.71. The zero-order valence-electron chi connectivity index (χ0n) is 24.4. The Labute approximate surface area is 276 Å². The number of ether oxygens (including phenoxy) is 2. The molecule has 5 heterocycles. The molecule has 0 aliphatic carbocycles. The minimum absolute atomic E-state index is 0.00345. The Morgan fingerprint density at radius 2 is 1.87 bits per heavy atom. The number of hydrogen-bond acceptors (Lipinski definition) is 8. The molecule has 0 aromatic carbocycles. The molecule has 3 aromatic heterocycles. The van der Waals surface area contributed by atoms with E-state index in [4.69, 9.17) is 21.1 Å². The van der Waals surface area contributed by atoms with Gasteiger partial charge in [0, 0.05) is 37.2 Å². The number of aromatic nitrogens is 1. The first-order valence-corrected chi connectivity index (χ1v) is 16.3. The summed E-state index contributed by atoms with van der Waals surface area (Å²) in [6.07, 6.45) is -11.6. The van der Waals surface area contributed by atoms with Crippen molar-refractivity contribution < 1.29 is 55.3 Å². The van der Waals surface area contributed by atoms with Gasteiger partial charge in [0.05, 0.1) is 20.8 Å². The van der Waals surface area contributed by atoms with Gasteiger partial charge in [-0.3, -0.25) is 19.5 Å². The maximum absolute atomic E-state index is 14.9. The van der Waals surface area contributed by atoms with Crippen LogP contribution in [-0.2, 0) is 28.3 Å². The van der Waals surface area contributed by atoms with Crippen LogP contribution in [0.5, 0.6) is 5.75 Å². The number of halogens is 7. The lowest BCUT2D eigenvalue weighted by Crippen LogP contribution is -2.68. The SMILES string of the molecule is CCC[C@H]1N(C(=O)c2ncccc2C(F)(F)F)CCC[C@@]1(Oc1csc(C(F)(F)F)c1)C(=O)N1CCc2cc(Cl)sc2C1OC(=O)O. The number of carboxylic acid groups (broad SMARTS) is 1. The van der Waals surface area contributed by atoms with E-state index in [0.717, 1.165) is 38.8 Å². The molecule has 1 fully saturated rings. The fourth-order valence-corrected chi connectivity index (χ4v) is 8.09. The number of fused-ring (bicyclic) bond motifs is 1. The Morgan fingerprint density at radius 1 is 1.13 bits per heavy atom. The lowest BCUT2D eigenvalue weighted by molar-refractivity contribution is -0.171. The van der Waals surface area contributed by atoms with Gasteiger partial charge in [0.25, 0.3) is 11.8 Å². The predicted molar refractivity (Wildman–Crippen MR) is 157 cm³/mol. The first-order chi connectivity index (χ1) is 22.1. The van der Waals surface area contributed by atoms with Crippen LogP contribution >= 0.6 is 34.3 Å². The minimum Gasteiger partial charge on any atom is -0.474 e. The number of alkyl halides is 6. The monoisotopic (exact) mass is 725 g/mol. The van der Waals surface area contributed by atoms with Crippen molar-refractivity contribution >= 4 is 52.2 Å². The average Bonchev–Trinajstić information content (AvgIpc) is 3.63. The molecule has 0 radical (unpaired) electrons. The van der Waals surface area contributed by atoms with Crippen molar-refractivity contribution in [2.24, 2.45) is 0 Å². The van der Waals surface area contributed by atoms with Gasteiger partial charge in [-0.2, -0.15) is 26.3 Å². The number of likely N-dealkylation sites (tertiary alicyclic amines) is 1. The third-order valence-corrected chi connectivity index (χ3v) is 10.2. The Kier molecular flexibility index (Phi) is 9.72. The van der Waals surface area contributed by atoms with Crippen LogP contribution in [0, 0.1) is 0 Å². The minimum atomic E-state index is -4.95. The summed E-state index contributed by atoms with van der Waals surface area (Å²) in [7, 11) is 0. The molecule has 3 atom stereocenters. The van der Waals surface area contributed by atoms with Crippen LogP contribution in [0.4, 0.5) is 31.1 Å². The van der Waals surface area contributed by atoms with Gasteiger partial charge in [-0.05, 0) is 43.0 Å². The van der Waals surface area contributed by atoms with Crippen LogP contribution in [0.1, 0.15) is 70.2 Å². The van der Waals surface area contributed by atoms with Gasteiger partial charge >= 0.3 is 18.5 Å². The molecule has 5 rings (SSSR count). The molecular weight excluding hydrogens is 700 g/mol. The standard InChI is InChI=1S/C29H26ClF6N3O6S2/c1-2-5-18-27(45-16-13-19(46-14-16)29(34,35)36,8-4-10-38(18)23(40)21-17(28(31,32)33)6-3-9-37-21)25(41)39-11-7-15-12-20(30)47-22(15)24(39)44-26(42)43/h3,6,9,12-14,18,24H,2,4-5,7-8,10-11H2,1H3,(H,42,43)/t18-,24?,27+/m1/s1. The van der Waals surface area contributed by atoms with Crippen molar-refractivity contribution in [2.45, 2.75) is 69.3 Å². The molecule has 2 amide bonds. The van der Waals surface area contributed by atoms with E-state index in [1.807, 2.05) is 0 Å². The maximum atomic E-state index is 14.9. The molecule has 47 heavy (non-hydrogen) atoms. The predicted octanol–water partition coefficient (Wildman–Crippen LogP) is 7.90. The zero-order chi connectivity index (χ0) is 34.3. The first kappa shape index (κ1) is 34.8. The smallest absolute Gasteiger partial charge is 0.474 e. The molecule has 3 aromatic rings. The second kappa shape index (κ2) is 13.1. The molecule has 0 bridgehead atoms. The molecule has 2 aliphatic heterocycles. The zero-order valence-corrected chi connectivity index (χ0v) is 26.7. The second-order valence-electron chi connectivity index (χ2n) is 10.9. The normalized spacial score (nSPS) is 21.7. The van der Waals surface area contributed by atoms with Crippen molar-refractivity contribution in [2.75, 3.05) is 13.1 Å². The summed E-state index contributed by atoms with van der Waals surface area (Å²) >= 11 is 7.48. The maximum Gasteiger partial charge on any atom is 0.508 e. The van der Waals surface area contributed by atoms with Crippen LogP contribution in [-0.4, -0.2) is 62.6 Å². The Bertz CT molecular complexity index is 1660. The Balaban J connectivity index is 1.64. The van der Waals surface area contributed by atoms with Crippen molar-refractivity contribution in [1.29, 1.82) is 0 Å². The highest BCUT2D eigenvalue weighted by molar-refractivity contribution is 7.16. The number of hydrogen-bond donors (Lipinski definition) is 1. The molecule has 0 spiro atoms. The van der Waals surface area contributed by atoms with Crippen molar-refractivity contribution in [1.82, 2.24) is 14.8 Å². The van der Waals surface area contributed by atoms with Crippen LogP contribution in [0.3, 0.4) is 0 Å². The van der Waals surface area contributed by atoms with Gasteiger partial charge in [-0.25, -0.2) is 4.79 Å². The number of nitrogens with zero attached hydrogens (tertiary/aromatic N) is 3. The fourth-order valence-electron chi connectivity index (χ4n) is 6.05. The number of amides is 2. The lowest BCUT2D eigenvalue weighted by atomic mass is 9.79. The van der Waals surface area contributed by atoms with E-state index in [0.29, 0.717) is 38.2 Å². The van der Waals surface area contributed by atoms with E-state index in [-0.39, 0.29) is 50.9 Å². The average molecular weight is 726 g/mol. The van der Waals surface area contributed by atoms with Gasteiger partial charge in [0.1, 0.15) is 16.3 Å². The summed E-state index contributed by atoms with van der Waals surface area (Å²) in [5.74, 6) is -2.42. The third kappa shape index (κ3) is 6.88. The lowest BCUT2D eigenvalue weighted by Gasteiger charge is -2.50. The highest BCUT2D eigenvalue weighted by atomic mass is 35.5. The molecule has 254 valence electrons. The van der Waals surface area contributed by atoms with Gasteiger partial charge in [0.2, 0.25) is 11.8 Å². The van der Waals surface area contributed by atoms with Crippen LogP contribution in [0.2, 0.25) is 4.34 Å². The van der Waals surface area contributed by atoms with E-state index in [1.165, 1.54) is 0 Å². The highest BCUT2D eigenvalue weighted by Gasteiger charge is 2.57. The molecule has 1 saturated heterocycles. The van der Waals surface area contributed by atoms with E-state index in [9.17, 15) is 45.8 Å². The summed E-state index contributed by atoms with van der Waals surface area (Å²) in [5, 5.41) is 10.6. The molecule has 9 nitrogen and oxygen atoms in total. The second-order valence-corrected chi connectivity index (χ2v) is 13.5. The van der Waals surface area contributed by atoms with Crippen molar-refractivity contribution in [3.05, 3.63) is 66.8 Å². The van der Waals surface area contributed by atoms with Crippen LogP contribution in [0.25, 0.3) is 0 Å². The number of rotatable bonds is 7. The largest absolute Gasteiger partial charge is 0.508 e. The van der Waals surface area contributed by atoms with Gasteiger partial charge in [0.15, 0.2) is 0 Å².